The highest BCUT2D eigenvalue weighted by molar-refractivity contribution is 8.15. The molecule has 5 nitrogen and oxygen atoms in total. The zero-order valence-electron chi connectivity index (χ0n) is 12.2. The Bertz CT molecular complexity index is 762. The van der Waals surface area contributed by atoms with Crippen LogP contribution in [0.25, 0.3) is 0 Å². The summed E-state index contributed by atoms with van der Waals surface area (Å²) in [6.07, 6.45) is 0. The molecule has 0 radical (unpaired) electrons. The molecule has 2 aromatic carbocycles. The molecule has 1 heterocycles. The molecule has 1 N–H and O–H groups in total. The van der Waals surface area contributed by atoms with Crippen molar-refractivity contribution in [1.82, 2.24) is 0 Å². The highest BCUT2D eigenvalue weighted by atomic mass is 35.5. The van der Waals surface area contributed by atoms with Crippen molar-refractivity contribution in [2.24, 2.45) is 5.10 Å². The minimum absolute atomic E-state index is 0.127. The summed E-state index contributed by atoms with van der Waals surface area (Å²) >= 11 is 7.13. The second kappa shape index (κ2) is 6.93. The van der Waals surface area contributed by atoms with Gasteiger partial charge in [-0.1, -0.05) is 23.4 Å². The smallest absolute Gasteiger partial charge is 0.231 e. The van der Waals surface area contributed by atoms with E-state index >= 15 is 0 Å². The lowest BCUT2D eigenvalue weighted by Gasteiger charge is -2.06. The van der Waals surface area contributed by atoms with Gasteiger partial charge in [0, 0.05) is 22.9 Å². The lowest BCUT2D eigenvalue weighted by atomic mass is 10.3. The molecule has 0 saturated heterocycles. The molecule has 2 aromatic rings. The van der Waals surface area contributed by atoms with E-state index in [-0.39, 0.29) is 12.6 Å². The fraction of sp³-hybridized carbons (Fsp3) is 0.125. The van der Waals surface area contributed by atoms with E-state index in [1.165, 1.54) is 18.7 Å². The Morgan fingerprint density at radius 2 is 1.91 bits per heavy atom. The van der Waals surface area contributed by atoms with Crippen LogP contribution >= 0.6 is 23.4 Å². The number of rotatable bonds is 4. The number of anilines is 1. The minimum Gasteiger partial charge on any atom is -0.454 e. The van der Waals surface area contributed by atoms with Gasteiger partial charge in [-0.3, -0.25) is 10.2 Å². The third-order valence-corrected chi connectivity index (χ3v) is 4.32. The summed E-state index contributed by atoms with van der Waals surface area (Å²) in [6.45, 7) is 1.69. The Kier molecular flexibility index (Phi) is 4.73. The molecule has 118 valence electrons. The topological polar surface area (TPSA) is 59.9 Å². The number of thioether (sulfide) groups is 1. The first-order chi connectivity index (χ1) is 11.1. The van der Waals surface area contributed by atoms with Crippen molar-refractivity contribution in [2.45, 2.75) is 11.8 Å². The number of Topliss-reactive ketones (excluding diaryl/α,β-unsaturated/α-hetero) is 1. The van der Waals surface area contributed by atoms with Crippen LogP contribution in [0.5, 0.6) is 11.5 Å². The Labute approximate surface area is 142 Å². The largest absolute Gasteiger partial charge is 0.454 e. The predicted octanol–water partition coefficient (Wildman–Crippen LogP) is 4.18. The minimum atomic E-state index is -0.127. The highest BCUT2D eigenvalue weighted by Crippen LogP contribution is 2.34. The van der Waals surface area contributed by atoms with Crippen LogP contribution in [0.1, 0.15) is 6.92 Å². The van der Waals surface area contributed by atoms with E-state index in [4.69, 9.17) is 21.1 Å². The van der Waals surface area contributed by atoms with Crippen molar-refractivity contribution in [3.63, 3.8) is 0 Å². The number of ether oxygens (including phenoxy) is 2. The summed E-state index contributed by atoms with van der Waals surface area (Å²) in [4.78, 5) is 12.6. The maximum absolute atomic E-state index is 11.8. The monoisotopic (exact) mass is 348 g/mol. The van der Waals surface area contributed by atoms with Gasteiger partial charge in [0.1, 0.15) is 0 Å². The number of ketones is 1. The summed E-state index contributed by atoms with van der Waals surface area (Å²) < 4.78 is 10.6. The van der Waals surface area contributed by atoms with Gasteiger partial charge in [-0.05, 0) is 36.4 Å². The van der Waals surface area contributed by atoms with Gasteiger partial charge in [0.25, 0.3) is 0 Å². The molecule has 0 saturated carbocycles. The number of nitrogens with zero attached hydrogens (tertiary/aromatic N) is 1. The first kappa shape index (κ1) is 15.7. The molecule has 1 aliphatic heterocycles. The van der Waals surface area contributed by atoms with Crippen LogP contribution in [-0.4, -0.2) is 17.6 Å². The van der Waals surface area contributed by atoms with Gasteiger partial charge in [-0.15, -0.1) is 0 Å². The summed E-state index contributed by atoms with van der Waals surface area (Å²) in [5.41, 5.74) is 3.58. The normalized spacial score (nSPS) is 13.0. The average molecular weight is 349 g/mol. The van der Waals surface area contributed by atoms with Gasteiger partial charge in [0.2, 0.25) is 6.79 Å². The summed E-state index contributed by atoms with van der Waals surface area (Å²) in [5, 5.41) is 5.19. The van der Waals surface area contributed by atoms with Crippen LogP contribution in [0.15, 0.2) is 52.5 Å². The number of benzene rings is 2. The van der Waals surface area contributed by atoms with E-state index in [9.17, 15) is 4.79 Å². The van der Waals surface area contributed by atoms with Gasteiger partial charge in [0.05, 0.1) is 5.69 Å². The van der Waals surface area contributed by atoms with Crippen molar-refractivity contribution in [3.8, 4) is 11.5 Å². The predicted molar refractivity (Wildman–Crippen MR) is 91.6 cm³/mol. The zero-order chi connectivity index (χ0) is 16.2. The van der Waals surface area contributed by atoms with Crippen LogP contribution < -0.4 is 14.9 Å². The van der Waals surface area contributed by atoms with Gasteiger partial charge in [-0.2, -0.15) is 5.10 Å². The molecule has 23 heavy (non-hydrogen) atoms. The molecule has 0 atom stereocenters. The Balaban J connectivity index is 1.74. The first-order valence-electron chi connectivity index (χ1n) is 6.79. The Morgan fingerprint density at radius 1 is 1.17 bits per heavy atom. The van der Waals surface area contributed by atoms with Gasteiger partial charge < -0.3 is 9.47 Å². The van der Waals surface area contributed by atoms with Crippen molar-refractivity contribution in [3.05, 3.63) is 47.5 Å². The van der Waals surface area contributed by atoms with E-state index < -0.39 is 0 Å². The Morgan fingerprint density at radius 3 is 2.65 bits per heavy atom. The van der Waals surface area contributed by atoms with E-state index in [1.807, 2.05) is 18.2 Å². The summed E-state index contributed by atoms with van der Waals surface area (Å²) in [7, 11) is 0. The lowest BCUT2D eigenvalue weighted by Crippen LogP contribution is -2.08. The fourth-order valence-electron chi connectivity index (χ4n) is 1.87. The van der Waals surface area contributed by atoms with Crippen molar-refractivity contribution >= 4 is 39.9 Å². The van der Waals surface area contributed by atoms with E-state index in [1.54, 1.807) is 24.3 Å². The average Bonchev–Trinajstić information content (AvgIpc) is 3.00. The maximum atomic E-state index is 11.8. The molecule has 1 aliphatic rings. The second-order valence-electron chi connectivity index (χ2n) is 4.71. The van der Waals surface area contributed by atoms with Crippen molar-refractivity contribution in [1.29, 1.82) is 0 Å². The molecule has 3 rings (SSSR count). The number of halogens is 1. The van der Waals surface area contributed by atoms with E-state index in [2.05, 4.69) is 10.5 Å². The molecule has 7 heteroatoms. The van der Waals surface area contributed by atoms with Gasteiger partial charge in [0.15, 0.2) is 22.3 Å². The number of hydrogen-bond donors (Lipinski definition) is 1. The molecule has 0 fully saturated rings. The zero-order valence-corrected chi connectivity index (χ0v) is 13.8. The molecule has 0 aromatic heterocycles. The van der Waals surface area contributed by atoms with Crippen molar-refractivity contribution in [2.75, 3.05) is 12.2 Å². The third-order valence-electron chi connectivity index (χ3n) is 2.99. The number of nitrogens with one attached hydrogen (secondary N) is 1. The standard InChI is InChI=1S/C16H13ClN2O3S/c1-10(20)16(23-13-5-2-11(17)3-6-13)19-18-12-4-7-14-15(8-12)22-9-21-14/h2-8,18H,9H2,1H3/b19-16+. The molecule has 0 unspecified atom stereocenters. The Hall–Kier alpha value is -2.18. The van der Waals surface area contributed by atoms with Gasteiger partial charge in [-0.25, -0.2) is 0 Å². The SMILES string of the molecule is CC(=O)/C(=N\Nc1ccc2c(c1)OCO2)Sc1ccc(Cl)cc1. The van der Waals surface area contributed by atoms with Crippen LogP contribution in [0.3, 0.4) is 0 Å². The van der Waals surface area contributed by atoms with E-state index in [0.717, 1.165) is 4.90 Å². The van der Waals surface area contributed by atoms with Crippen LogP contribution in [0.4, 0.5) is 5.69 Å². The highest BCUT2D eigenvalue weighted by Gasteiger charge is 2.13. The lowest BCUT2D eigenvalue weighted by molar-refractivity contribution is -0.110. The quantitative estimate of drug-likeness (QED) is 0.389. The number of carbonyl (C=O) groups is 1. The molecular formula is C16H13ClN2O3S. The van der Waals surface area contributed by atoms with Crippen LogP contribution in [0, 0.1) is 0 Å². The van der Waals surface area contributed by atoms with Crippen LogP contribution in [0.2, 0.25) is 5.02 Å². The number of hydrazone groups is 1. The second-order valence-corrected chi connectivity index (χ2v) is 6.21. The van der Waals surface area contributed by atoms with E-state index in [0.29, 0.717) is 27.3 Å². The molecule has 0 amide bonds. The van der Waals surface area contributed by atoms with Crippen LogP contribution in [-0.2, 0) is 4.79 Å². The number of hydrogen-bond acceptors (Lipinski definition) is 6. The van der Waals surface area contributed by atoms with Crippen molar-refractivity contribution < 1.29 is 14.3 Å². The van der Waals surface area contributed by atoms with Gasteiger partial charge >= 0.3 is 0 Å². The summed E-state index contributed by atoms with van der Waals surface area (Å²) in [6, 6.07) is 12.6. The number of carbonyl (C=O) groups excluding carboxylic acids is 1. The maximum Gasteiger partial charge on any atom is 0.231 e. The molecular weight excluding hydrogens is 336 g/mol. The number of fused-ring (bicyclic) bond motifs is 1. The molecule has 0 bridgehead atoms. The fourth-order valence-corrected chi connectivity index (χ4v) is 2.73. The third kappa shape index (κ3) is 3.97. The summed E-state index contributed by atoms with van der Waals surface area (Å²) in [5.74, 6) is 1.22. The molecule has 0 aliphatic carbocycles. The molecule has 0 spiro atoms. The first-order valence-corrected chi connectivity index (χ1v) is 7.99.